The topological polar surface area (TPSA) is 15.8 Å². The molecule has 0 saturated carbocycles. The fourth-order valence-corrected chi connectivity index (χ4v) is 2.02. The van der Waals surface area contributed by atoms with Crippen LogP contribution in [0, 0.1) is 6.07 Å². The zero-order chi connectivity index (χ0) is 11.0. The highest BCUT2D eigenvalue weighted by atomic mass is 35.5. The van der Waals surface area contributed by atoms with E-state index in [9.17, 15) is 0 Å². The van der Waals surface area contributed by atoms with Crippen LogP contribution in [0.2, 0.25) is 5.02 Å². The van der Waals surface area contributed by atoms with Gasteiger partial charge in [-0.25, -0.2) is 0 Å². The molecule has 2 heteroatoms. The van der Waals surface area contributed by atoms with Crippen LogP contribution in [0.1, 0.15) is 0 Å². The Labute approximate surface area is 98.7 Å². The Bertz CT molecular complexity index is 640. The number of aromatic nitrogens is 1. The fourth-order valence-electron chi connectivity index (χ4n) is 1.83. The molecule has 0 saturated heterocycles. The molecule has 0 aliphatic heterocycles. The zero-order valence-corrected chi connectivity index (χ0v) is 9.25. The van der Waals surface area contributed by atoms with Crippen molar-refractivity contribution in [1.29, 1.82) is 0 Å². The summed E-state index contributed by atoms with van der Waals surface area (Å²) in [7, 11) is 0. The van der Waals surface area contributed by atoms with Gasteiger partial charge in [-0.05, 0) is 35.4 Å². The van der Waals surface area contributed by atoms with Gasteiger partial charge in [-0.2, -0.15) is 0 Å². The Hall–Kier alpha value is -1.73. The summed E-state index contributed by atoms with van der Waals surface area (Å²) in [5, 5.41) is 1.85. The van der Waals surface area contributed by atoms with E-state index >= 15 is 0 Å². The Balaban J connectivity index is 2.18. The second-order valence-corrected chi connectivity index (χ2v) is 4.14. The van der Waals surface area contributed by atoms with E-state index in [0.29, 0.717) is 0 Å². The van der Waals surface area contributed by atoms with Crippen LogP contribution in [-0.2, 0) is 0 Å². The molecule has 1 heterocycles. The molecule has 3 aromatic rings. The summed E-state index contributed by atoms with van der Waals surface area (Å²) >= 11 is 5.98. The van der Waals surface area contributed by atoms with Gasteiger partial charge >= 0.3 is 0 Å². The summed E-state index contributed by atoms with van der Waals surface area (Å²) in [4.78, 5) is 3.13. The molecule has 1 radical (unpaired) electrons. The highest BCUT2D eigenvalue weighted by molar-refractivity contribution is 6.30. The Kier molecular flexibility index (Phi) is 2.19. The lowest BCUT2D eigenvalue weighted by Crippen LogP contribution is -1.77. The van der Waals surface area contributed by atoms with Crippen LogP contribution in [0.25, 0.3) is 22.0 Å². The maximum atomic E-state index is 5.98. The average Bonchev–Trinajstić information content (AvgIpc) is 2.75. The third-order valence-electron chi connectivity index (χ3n) is 2.63. The first-order valence-corrected chi connectivity index (χ1v) is 5.45. The lowest BCUT2D eigenvalue weighted by Gasteiger charge is -2.02. The molecule has 0 unspecified atom stereocenters. The molecular formula is C14H9ClN. The summed E-state index contributed by atoms with van der Waals surface area (Å²) in [6.45, 7) is 0. The van der Waals surface area contributed by atoms with Crippen molar-refractivity contribution in [2.24, 2.45) is 0 Å². The number of aromatic amines is 1. The highest BCUT2D eigenvalue weighted by Crippen LogP contribution is 2.25. The van der Waals surface area contributed by atoms with Crippen LogP contribution in [0.3, 0.4) is 0 Å². The van der Waals surface area contributed by atoms with Crippen molar-refractivity contribution in [3.8, 4) is 11.1 Å². The largest absolute Gasteiger partial charge is 0.361 e. The predicted octanol–water partition coefficient (Wildman–Crippen LogP) is 4.29. The van der Waals surface area contributed by atoms with Gasteiger partial charge in [-0.3, -0.25) is 0 Å². The van der Waals surface area contributed by atoms with Gasteiger partial charge in [0.25, 0.3) is 0 Å². The molecule has 2 aromatic carbocycles. The Morgan fingerprint density at radius 1 is 1.00 bits per heavy atom. The number of nitrogens with one attached hydrogen (secondary N) is 1. The van der Waals surface area contributed by atoms with E-state index in [1.165, 1.54) is 0 Å². The van der Waals surface area contributed by atoms with Crippen molar-refractivity contribution in [1.82, 2.24) is 4.98 Å². The predicted molar refractivity (Wildman–Crippen MR) is 67.6 cm³/mol. The van der Waals surface area contributed by atoms with Crippen molar-refractivity contribution in [2.45, 2.75) is 0 Å². The summed E-state index contributed by atoms with van der Waals surface area (Å²) < 4.78 is 0. The fraction of sp³-hybridized carbons (Fsp3) is 0. The second-order valence-electron chi connectivity index (χ2n) is 3.70. The van der Waals surface area contributed by atoms with Gasteiger partial charge in [0.1, 0.15) is 0 Å². The molecule has 1 nitrogen and oxygen atoms in total. The van der Waals surface area contributed by atoms with Gasteiger partial charge in [0.05, 0.1) is 0 Å². The van der Waals surface area contributed by atoms with Gasteiger partial charge in [-0.1, -0.05) is 29.8 Å². The molecule has 3 rings (SSSR count). The second kappa shape index (κ2) is 3.69. The molecule has 0 fully saturated rings. The van der Waals surface area contributed by atoms with Gasteiger partial charge in [0.2, 0.25) is 0 Å². The minimum atomic E-state index is 0.760. The quantitative estimate of drug-likeness (QED) is 0.637. The molecule has 0 atom stereocenters. The molecule has 0 spiro atoms. The smallest absolute Gasteiger partial charge is 0.0460 e. The number of fused-ring (bicyclic) bond motifs is 1. The van der Waals surface area contributed by atoms with E-state index < -0.39 is 0 Å². The molecule has 1 aromatic heterocycles. The lowest BCUT2D eigenvalue weighted by atomic mass is 10.0. The third kappa shape index (κ3) is 1.59. The number of benzene rings is 2. The van der Waals surface area contributed by atoms with Crippen molar-refractivity contribution in [2.75, 3.05) is 0 Å². The van der Waals surface area contributed by atoms with Gasteiger partial charge in [0, 0.05) is 28.2 Å². The minimum Gasteiger partial charge on any atom is -0.361 e. The van der Waals surface area contributed by atoms with Crippen molar-refractivity contribution >= 4 is 22.5 Å². The highest BCUT2D eigenvalue weighted by Gasteiger charge is 2.00. The van der Waals surface area contributed by atoms with E-state index in [4.69, 9.17) is 11.6 Å². The van der Waals surface area contributed by atoms with Crippen molar-refractivity contribution in [3.63, 3.8) is 0 Å². The summed E-state index contributed by atoms with van der Waals surface area (Å²) in [5.41, 5.74) is 3.39. The Morgan fingerprint density at radius 2 is 1.88 bits per heavy atom. The molecule has 0 aliphatic rings. The minimum absolute atomic E-state index is 0.760. The first-order valence-electron chi connectivity index (χ1n) is 5.08. The van der Waals surface area contributed by atoms with Crippen LogP contribution >= 0.6 is 11.6 Å². The van der Waals surface area contributed by atoms with Crippen LogP contribution < -0.4 is 0 Å². The van der Waals surface area contributed by atoms with E-state index in [0.717, 1.165) is 27.1 Å². The molecule has 77 valence electrons. The number of rotatable bonds is 1. The lowest BCUT2D eigenvalue weighted by molar-refractivity contribution is 1.47. The molecule has 0 aliphatic carbocycles. The van der Waals surface area contributed by atoms with Crippen molar-refractivity contribution < 1.29 is 0 Å². The first kappa shape index (κ1) is 9.49. The molecule has 0 bridgehead atoms. The van der Waals surface area contributed by atoms with Crippen LogP contribution in [-0.4, -0.2) is 4.98 Å². The maximum Gasteiger partial charge on any atom is 0.0460 e. The zero-order valence-electron chi connectivity index (χ0n) is 8.50. The third-order valence-corrected chi connectivity index (χ3v) is 2.87. The van der Waals surface area contributed by atoms with Crippen LogP contribution in [0.4, 0.5) is 0 Å². The van der Waals surface area contributed by atoms with E-state index in [2.05, 4.69) is 35.3 Å². The normalized spacial score (nSPS) is 10.8. The standard InChI is InChI=1S/C14H9ClN/c15-13-3-1-2-10(9-13)11-4-5-14-12(8-11)6-7-16-14/h1-5,7-9,16H. The van der Waals surface area contributed by atoms with Gasteiger partial charge in [0.15, 0.2) is 0 Å². The first-order chi connectivity index (χ1) is 7.83. The summed E-state index contributed by atoms with van der Waals surface area (Å²) in [5.74, 6) is 0. The number of H-pyrrole nitrogens is 1. The van der Waals surface area contributed by atoms with Crippen LogP contribution in [0.15, 0.2) is 48.7 Å². The summed E-state index contributed by atoms with van der Waals surface area (Å²) in [6, 6.07) is 17.3. The average molecular weight is 227 g/mol. The molecular weight excluding hydrogens is 218 g/mol. The monoisotopic (exact) mass is 226 g/mol. The van der Waals surface area contributed by atoms with Crippen LogP contribution in [0.5, 0.6) is 0 Å². The van der Waals surface area contributed by atoms with E-state index in [1.54, 1.807) is 0 Å². The maximum absolute atomic E-state index is 5.98. The van der Waals surface area contributed by atoms with Gasteiger partial charge in [-0.15, -0.1) is 0 Å². The van der Waals surface area contributed by atoms with E-state index in [1.807, 2.05) is 24.4 Å². The molecule has 16 heavy (non-hydrogen) atoms. The summed E-state index contributed by atoms with van der Waals surface area (Å²) in [6.07, 6.45) is 1.83. The number of halogens is 1. The van der Waals surface area contributed by atoms with Gasteiger partial charge < -0.3 is 4.98 Å². The number of hydrogen-bond donors (Lipinski definition) is 1. The van der Waals surface area contributed by atoms with E-state index in [-0.39, 0.29) is 0 Å². The SMILES string of the molecule is Clc1cccc(-c2ccc3[nH]c[c]c3c2)c1. The molecule has 1 N–H and O–H groups in total. The number of hydrogen-bond acceptors (Lipinski definition) is 0. The van der Waals surface area contributed by atoms with Crippen molar-refractivity contribution in [3.05, 3.63) is 59.8 Å². The Morgan fingerprint density at radius 3 is 2.75 bits per heavy atom. The molecule has 0 amide bonds.